The Kier molecular flexibility index (Phi) is 2.67. The highest BCUT2D eigenvalue weighted by Gasteiger charge is 2.29. The lowest BCUT2D eigenvalue weighted by molar-refractivity contribution is 0.402. The van der Waals surface area contributed by atoms with Gasteiger partial charge in [-0.1, -0.05) is 12.1 Å². The van der Waals surface area contributed by atoms with Crippen molar-refractivity contribution in [1.29, 1.82) is 0 Å². The van der Waals surface area contributed by atoms with E-state index in [-0.39, 0.29) is 10.9 Å². The Balaban J connectivity index is 2.34. The average molecular weight is 227 g/mol. The first-order valence-electron chi connectivity index (χ1n) is 4.79. The summed E-state index contributed by atoms with van der Waals surface area (Å²) in [4.78, 5) is 0.208. The van der Waals surface area contributed by atoms with Gasteiger partial charge in [-0.05, 0) is 25.0 Å². The van der Waals surface area contributed by atoms with Gasteiger partial charge in [-0.15, -0.1) is 0 Å². The predicted molar refractivity (Wildman–Crippen MR) is 56.3 cm³/mol. The zero-order chi connectivity index (χ0) is 10.9. The molecular weight excluding hydrogens is 214 g/mol. The third-order valence-electron chi connectivity index (χ3n) is 2.26. The van der Waals surface area contributed by atoms with Crippen LogP contribution in [0.5, 0.6) is 5.75 Å². The third kappa shape index (κ3) is 2.30. The van der Waals surface area contributed by atoms with Gasteiger partial charge in [-0.3, -0.25) is 0 Å². The zero-order valence-corrected chi connectivity index (χ0v) is 9.25. The van der Waals surface area contributed by atoms with E-state index < -0.39 is 10.0 Å². The monoisotopic (exact) mass is 227 g/mol. The number of hydrogen-bond acceptors (Lipinski definition) is 3. The molecule has 1 saturated carbocycles. The maximum atomic E-state index is 11.9. The van der Waals surface area contributed by atoms with Gasteiger partial charge in [0.25, 0.3) is 0 Å². The molecule has 4 nitrogen and oxygen atoms in total. The lowest BCUT2D eigenvalue weighted by Gasteiger charge is -2.09. The predicted octanol–water partition coefficient (Wildman–Crippen LogP) is 1.14. The fourth-order valence-corrected chi connectivity index (χ4v) is 2.80. The van der Waals surface area contributed by atoms with Crippen LogP contribution in [0, 0.1) is 0 Å². The van der Waals surface area contributed by atoms with Crippen molar-refractivity contribution in [3.8, 4) is 5.75 Å². The number of para-hydroxylation sites is 1. The molecule has 15 heavy (non-hydrogen) atoms. The van der Waals surface area contributed by atoms with Gasteiger partial charge in [-0.2, -0.15) is 0 Å². The molecule has 0 heterocycles. The largest absolute Gasteiger partial charge is 0.495 e. The molecule has 1 N–H and O–H groups in total. The molecule has 0 atom stereocenters. The molecule has 1 aliphatic rings. The normalized spacial score (nSPS) is 16.3. The van der Waals surface area contributed by atoms with Gasteiger partial charge in [0.2, 0.25) is 10.0 Å². The first-order valence-corrected chi connectivity index (χ1v) is 6.27. The van der Waals surface area contributed by atoms with Gasteiger partial charge in [0.05, 0.1) is 7.11 Å². The van der Waals surface area contributed by atoms with Gasteiger partial charge in [0.15, 0.2) is 0 Å². The van der Waals surface area contributed by atoms with Crippen LogP contribution >= 0.6 is 0 Å². The molecule has 5 heteroatoms. The Morgan fingerprint density at radius 3 is 2.60 bits per heavy atom. The molecule has 0 unspecified atom stereocenters. The van der Waals surface area contributed by atoms with Gasteiger partial charge in [-0.25, -0.2) is 13.1 Å². The lowest BCUT2D eigenvalue weighted by Crippen LogP contribution is -2.26. The van der Waals surface area contributed by atoms with Crippen molar-refractivity contribution in [2.75, 3.05) is 7.11 Å². The van der Waals surface area contributed by atoms with Crippen LogP contribution in [0.1, 0.15) is 12.8 Å². The standard InChI is InChI=1S/C10H13NO3S/c1-14-9-4-2-3-5-10(9)15(12,13)11-8-6-7-8/h2-5,8,11H,6-7H2,1H3. The molecule has 0 aromatic heterocycles. The lowest BCUT2D eigenvalue weighted by atomic mass is 10.3. The summed E-state index contributed by atoms with van der Waals surface area (Å²) in [7, 11) is -1.95. The van der Waals surface area contributed by atoms with Crippen molar-refractivity contribution in [2.45, 2.75) is 23.8 Å². The quantitative estimate of drug-likeness (QED) is 0.839. The highest BCUT2D eigenvalue weighted by atomic mass is 32.2. The highest BCUT2D eigenvalue weighted by molar-refractivity contribution is 7.89. The van der Waals surface area contributed by atoms with Gasteiger partial charge in [0.1, 0.15) is 10.6 Å². The molecule has 82 valence electrons. The summed E-state index contributed by atoms with van der Waals surface area (Å²) >= 11 is 0. The number of hydrogen-bond donors (Lipinski definition) is 1. The number of methoxy groups -OCH3 is 1. The Morgan fingerprint density at radius 1 is 1.33 bits per heavy atom. The molecule has 1 fully saturated rings. The molecule has 1 aliphatic carbocycles. The summed E-state index contributed by atoms with van der Waals surface area (Å²) in [6.45, 7) is 0. The Morgan fingerprint density at radius 2 is 2.00 bits per heavy atom. The Bertz CT molecular complexity index is 451. The van der Waals surface area contributed by atoms with Crippen molar-refractivity contribution >= 4 is 10.0 Å². The van der Waals surface area contributed by atoms with E-state index in [1.165, 1.54) is 7.11 Å². The first kappa shape index (κ1) is 10.4. The molecule has 0 saturated heterocycles. The molecular formula is C10H13NO3S. The van der Waals surface area contributed by atoms with E-state index in [2.05, 4.69) is 4.72 Å². The zero-order valence-electron chi connectivity index (χ0n) is 8.43. The summed E-state index contributed by atoms with van der Waals surface area (Å²) in [6, 6.07) is 6.73. The van der Waals surface area contributed by atoms with Gasteiger partial charge in [0, 0.05) is 6.04 Å². The van der Waals surface area contributed by atoms with Crippen LogP contribution in [-0.4, -0.2) is 21.6 Å². The van der Waals surface area contributed by atoms with E-state index in [1.807, 2.05) is 0 Å². The van der Waals surface area contributed by atoms with Crippen LogP contribution in [0.2, 0.25) is 0 Å². The number of ether oxygens (including phenoxy) is 1. The second-order valence-corrected chi connectivity index (χ2v) is 5.23. The average Bonchev–Trinajstić information content (AvgIpc) is 3.01. The van der Waals surface area contributed by atoms with Gasteiger partial charge < -0.3 is 4.74 Å². The van der Waals surface area contributed by atoms with Crippen LogP contribution in [0.4, 0.5) is 0 Å². The van der Waals surface area contributed by atoms with Crippen LogP contribution in [0.15, 0.2) is 29.2 Å². The summed E-state index contributed by atoms with van der Waals surface area (Å²) in [5.74, 6) is 0.380. The van der Waals surface area contributed by atoms with E-state index in [0.29, 0.717) is 5.75 Å². The molecule has 0 aliphatic heterocycles. The van der Waals surface area contributed by atoms with Gasteiger partial charge >= 0.3 is 0 Å². The van der Waals surface area contributed by atoms with E-state index in [1.54, 1.807) is 24.3 Å². The van der Waals surface area contributed by atoms with E-state index in [4.69, 9.17) is 4.74 Å². The van der Waals surface area contributed by atoms with Crippen LogP contribution in [-0.2, 0) is 10.0 Å². The van der Waals surface area contributed by atoms with Crippen LogP contribution < -0.4 is 9.46 Å². The minimum absolute atomic E-state index is 0.111. The molecule has 1 aromatic carbocycles. The van der Waals surface area contributed by atoms with Crippen molar-refractivity contribution in [1.82, 2.24) is 4.72 Å². The summed E-state index contributed by atoms with van der Waals surface area (Å²) in [5, 5.41) is 0. The van der Waals surface area contributed by atoms with Crippen molar-refractivity contribution in [2.24, 2.45) is 0 Å². The smallest absolute Gasteiger partial charge is 0.244 e. The topological polar surface area (TPSA) is 55.4 Å². The Hall–Kier alpha value is -1.07. The fourth-order valence-electron chi connectivity index (χ4n) is 1.32. The fraction of sp³-hybridized carbons (Fsp3) is 0.400. The number of rotatable bonds is 4. The maximum absolute atomic E-state index is 11.9. The van der Waals surface area contributed by atoms with Crippen molar-refractivity contribution in [3.63, 3.8) is 0 Å². The second kappa shape index (κ2) is 3.83. The molecule has 2 rings (SSSR count). The number of benzene rings is 1. The van der Waals surface area contributed by atoms with Crippen molar-refractivity contribution < 1.29 is 13.2 Å². The number of sulfonamides is 1. The summed E-state index contributed by atoms with van der Waals surface area (Å²) in [6.07, 6.45) is 1.85. The molecule has 1 aromatic rings. The summed E-state index contributed by atoms with van der Waals surface area (Å²) < 4.78 is 31.4. The Labute approximate surface area is 89.3 Å². The van der Waals surface area contributed by atoms with E-state index >= 15 is 0 Å². The number of nitrogens with one attached hydrogen (secondary N) is 1. The maximum Gasteiger partial charge on any atom is 0.244 e. The van der Waals surface area contributed by atoms with E-state index in [0.717, 1.165) is 12.8 Å². The molecule has 0 radical (unpaired) electrons. The molecule has 0 amide bonds. The van der Waals surface area contributed by atoms with Crippen molar-refractivity contribution in [3.05, 3.63) is 24.3 Å². The van der Waals surface area contributed by atoms with Crippen LogP contribution in [0.3, 0.4) is 0 Å². The highest BCUT2D eigenvalue weighted by Crippen LogP contribution is 2.26. The molecule has 0 spiro atoms. The second-order valence-electron chi connectivity index (χ2n) is 3.55. The summed E-state index contributed by atoms with van der Waals surface area (Å²) in [5.41, 5.74) is 0. The first-order chi connectivity index (χ1) is 7.13. The SMILES string of the molecule is COc1ccccc1S(=O)(=O)NC1CC1. The molecule has 0 bridgehead atoms. The van der Waals surface area contributed by atoms with E-state index in [9.17, 15) is 8.42 Å². The van der Waals surface area contributed by atoms with Crippen LogP contribution in [0.25, 0.3) is 0 Å². The minimum atomic E-state index is -3.41. The minimum Gasteiger partial charge on any atom is -0.495 e. The third-order valence-corrected chi connectivity index (χ3v) is 3.82.